The molecule has 1 heterocycles. The van der Waals surface area contributed by atoms with Gasteiger partial charge in [0.05, 0.1) is 12.1 Å². The normalized spacial score (nSPS) is 10.4. The molecule has 0 spiro atoms. The third-order valence-corrected chi connectivity index (χ3v) is 3.15. The molecule has 0 bridgehead atoms. The van der Waals surface area contributed by atoms with E-state index >= 15 is 0 Å². The van der Waals surface area contributed by atoms with Gasteiger partial charge in [-0.2, -0.15) is 0 Å². The fraction of sp³-hybridized carbons (Fsp3) is 0.308. The summed E-state index contributed by atoms with van der Waals surface area (Å²) in [4.78, 5) is 34.1. The van der Waals surface area contributed by atoms with Gasteiger partial charge in [0, 0.05) is 22.9 Å². The van der Waals surface area contributed by atoms with Gasteiger partial charge in [-0.25, -0.2) is 4.79 Å². The number of amides is 2. The van der Waals surface area contributed by atoms with E-state index in [2.05, 4.69) is 10.6 Å². The molecule has 7 heteroatoms. The third kappa shape index (κ3) is 5.66. The molecule has 0 aromatic carbocycles. The molecule has 3 N–H and O–H groups in total. The van der Waals surface area contributed by atoms with Gasteiger partial charge >= 0.3 is 5.97 Å². The lowest BCUT2D eigenvalue weighted by Gasteiger charge is -2.04. The summed E-state index contributed by atoms with van der Waals surface area (Å²) in [6.07, 6.45) is 3.26. The SMILES string of the molecule is CCCNC(=O)CNC(=O)c1csc(C=CC(=O)O)c1. The molecule has 0 saturated heterocycles. The summed E-state index contributed by atoms with van der Waals surface area (Å²) in [6.45, 7) is 2.45. The molecular formula is C13H16N2O4S. The first-order chi connectivity index (χ1) is 9.52. The number of carboxylic acid groups (broad SMARTS) is 1. The van der Waals surface area contributed by atoms with Gasteiger partial charge in [-0.15, -0.1) is 11.3 Å². The van der Waals surface area contributed by atoms with Crippen LogP contribution < -0.4 is 10.6 Å². The van der Waals surface area contributed by atoms with Crippen molar-refractivity contribution in [3.8, 4) is 0 Å². The van der Waals surface area contributed by atoms with Crippen LogP contribution in [-0.2, 0) is 9.59 Å². The number of nitrogens with one attached hydrogen (secondary N) is 2. The van der Waals surface area contributed by atoms with Crippen LogP contribution in [0.1, 0.15) is 28.6 Å². The lowest BCUT2D eigenvalue weighted by atomic mass is 10.3. The molecule has 20 heavy (non-hydrogen) atoms. The number of rotatable bonds is 7. The van der Waals surface area contributed by atoms with Gasteiger partial charge in [0.1, 0.15) is 0 Å². The zero-order chi connectivity index (χ0) is 15.0. The highest BCUT2D eigenvalue weighted by molar-refractivity contribution is 7.11. The Morgan fingerprint density at radius 3 is 2.75 bits per heavy atom. The van der Waals surface area contributed by atoms with Crippen LogP contribution in [-0.4, -0.2) is 36.0 Å². The van der Waals surface area contributed by atoms with Gasteiger partial charge in [-0.1, -0.05) is 6.92 Å². The van der Waals surface area contributed by atoms with E-state index in [1.165, 1.54) is 17.4 Å². The zero-order valence-electron chi connectivity index (χ0n) is 11.0. The van der Waals surface area contributed by atoms with E-state index in [0.29, 0.717) is 17.0 Å². The van der Waals surface area contributed by atoms with E-state index in [4.69, 9.17) is 5.11 Å². The van der Waals surface area contributed by atoms with Gasteiger partial charge in [0.15, 0.2) is 0 Å². The summed E-state index contributed by atoms with van der Waals surface area (Å²) in [5, 5.41) is 15.3. The molecule has 6 nitrogen and oxygen atoms in total. The molecule has 1 aromatic heterocycles. The third-order valence-electron chi connectivity index (χ3n) is 2.25. The summed E-state index contributed by atoms with van der Waals surface area (Å²) in [7, 11) is 0. The van der Waals surface area contributed by atoms with Crippen molar-refractivity contribution in [1.82, 2.24) is 10.6 Å². The highest BCUT2D eigenvalue weighted by atomic mass is 32.1. The van der Waals surface area contributed by atoms with Crippen molar-refractivity contribution >= 4 is 35.2 Å². The van der Waals surface area contributed by atoms with Crippen LogP contribution in [0.25, 0.3) is 6.08 Å². The summed E-state index contributed by atoms with van der Waals surface area (Å²) in [5.41, 5.74) is 0.406. The van der Waals surface area contributed by atoms with Gasteiger partial charge in [0.2, 0.25) is 5.91 Å². The Morgan fingerprint density at radius 2 is 2.10 bits per heavy atom. The highest BCUT2D eigenvalue weighted by Gasteiger charge is 2.09. The van der Waals surface area contributed by atoms with Crippen molar-refractivity contribution in [3.05, 3.63) is 28.0 Å². The summed E-state index contributed by atoms with van der Waals surface area (Å²) >= 11 is 1.26. The van der Waals surface area contributed by atoms with Gasteiger partial charge in [-0.05, 0) is 18.6 Å². The molecule has 0 radical (unpaired) electrons. The molecule has 0 unspecified atom stereocenters. The van der Waals surface area contributed by atoms with Gasteiger partial charge in [-0.3, -0.25) is 9.59 Å². The molecule has 2 amide bonds. The standard InChI is InChI=1S/C13H16N2O4S/c1-2-5-14-11(16)7-15-13(19)9-6-10(20-8-9)3-4-12(17)18/h3-4,6,8H,2,5,7H2,1H3,(H,14,16)(H,15,19)(H,17,18). The number of thiophene rings is 1. The lowest BCUT2D eigenvalue weighted by molar-refractivity contribution is -0.131. The quantitative estimate of drug-likeness (QED) is 0.657. The fourth-order valence-electron chi connectivity index (χ4n) is 1.30. The number of carboxylic acids is 1. The Balaban J connectivity index is 2.48. The largest absolute Gasteiger partial charge is 0.478 e. The van der Waals surface area contributed by atoms with E-state index in [0.717, 1.165) is 12.5 Å². The van der Waals surface area contributed by atoms with Crippen LogP contribution in [0.15, 0.2) is 17.5 Å². The first kappa shape index (κ1) is 15.9. The summed E-state index contributed by atoms with van der Waals surface area (Å²) in [5.74, 6) is -1.64. The van der Waals surface area contributed by atoms with Crippen molar-refractivity contribution in [2.75, 3.05) is 13.1 Å². The molecule has 0 saturated carbocycles. The number of hydrogen-bond acceptors (Lipinski definition) is 4. The Hall–Kier alpha value is -2.15. The average molecular weight is 296 g/mol. The second kappa shape index (κ2) is 8.11. The second-order valence-corrected chi connectivity index (χ2v) is 4.88. The number of hydrogen-bond donors (Lipinski definition) is 3. The first-order valence-electron chi connectivity index (χ1n) is 6.07. The molecule has 0 aliphatic carbocycles. The fourth-order valence-corrected chi connectivity index (χ4v) is 2.08. The van der Waals surface area contributed by atoms with Crippen LogP contribution >= 0.6 is 11.3 Å². The summed E-state index contributed by atoms with van der Waals surface area (Å²) in [6, 6.07) is 1.57. The molecule has 1 aromatic rings. The van der Waals surface area contributed by atoms with Crippen LogP contribution in [0.5, 0.6) is 0 Å². The Kier molecular flexibility index (Phi) is 6.45. The minimum absolute atomic E-state index is 0.0744. The van der Waals surface area contributed by atoms with Crippen LogP contribution in [0.2, 0.25) is 0 Å². The molecule has 108 valence electrons. The van der Waals surface area contributed by atoms with Crippen molar-refractivity contribution in [1.29, 1.82) is 0 Å². The Labute approximate surface area is 120 Å². The maximum atomic E-state index is 11.7. The molecule has 0 atom stereocenters. The molecule has 1 rings (SSSR count). The van der Waals surface area contributed by atoms with Crippen LogP contribution in [0.4, 0.5) is 0 Å². The minimum atomic E-state index is -1.04. The topological polar surface area (TPSA) is 95.5 Å². The smallest absolute Gasteiger partial charge is 0.328 e. The first-order valence-corrected chi connectivity index (χ1v) is 6.95. The van der Waals surface area contributed by atoms with Gasteiger partial charge in [0.25, 0.3) is 5.91 Å². The van der Waals surface area contributed by atoms with E-state index in [1.807, 2.05) is 6.92 Å². The highest BCUT2D eigenvalue weighted by Crippen LogP contribution is 2.16. The maximum absolute atomic E-state index is 11.7. The maximum Gasteiger partial charge on any atom is 0.328 e. The molecule has 0 aliphatic heterocycles. The van der Waals surface area contributed by atoms with Crippen molar-refractivity contribution in [2.24, 2.45) is 0 Å². The van der Waals surface area contributed by atoms with E-state index in [1.54, 1.807) is 11.4 Å². The Morgan fingerprint density at radius 1 is 1.35 bits per heavy atom. The zero-order valence-corrected chi connectivity index (χ0v) is 11.8. The second-order valence-electron chi connectivity index (χ2n) is 3.94. The van der Waals surface area contributed by atoms with Crippen LogP contribution in [0, 0.1) is 0 Å². The molecular weight excluding hydrogens is 280 g/mol. The predicted octanol–water partition coefficient (Wildman–Crippen LogP) is 1.10. The summed E-state index contributed by atoms with van der Waals surface area (Å²) < 4.78 is 0. The van der Waals surface area contributed by atoms with E-state index in [9.17, 15) is 14.4 Å². The number of carbonyl (C=O) groups excluding carboxylic acids is 2. The lowest BCUT2D eigenvalue weighted by Crippen LogP contribution is -2.37. The number of carbonyl (C=O) groups is 3. The van der Waals surface area contributed by atoms with E-state index < -0.39 is 5.97 Å². The van der Waals surface area contributed by atoms with Gasteiger partial charge < -0.3 is 15.7 Å². The van der Waals surface area contributed by atoms with Crippen molar-refractivity contribution in [3.63, 3.8) is 0 Å². The Bertz CT molecular complexity index is 522. The van der Waals surface area contributed by atoms with E-state index in [-0.39, 0.29) is 18.4 Å². The minimum Gasteiger partial charge on any atom is -0.478 e. The number of aliphatic carboxylic acids is 1. The van der Waals surface area contributed by atoms with Crippen molar-refractivity contribution < 1.29 is 19.5 Å². The monoisotopic (exact) mass is 296 g/mol. The van der Waals surface area contributed by atoms with Crippen LogP contribution in [0.3, 0.4) is 0 Å². The molecule has 0 fully saturated rings. The van der Waals surface area contributed by atoms with Crippen molar-refractivity contribution in [2.45, 2.75) is 13.3 Å². The average Bonchev–Trinajstić information content (AvgIpc) is 2.89. The molecule has 0 aliphatic rings. The predicted molar refractivity (Wildman–Crippen MR) is 76.6 cm³/mol.